The van der Waals surface area contributed by atoms with Gasteiger partial charge in [0.1, 0.15) is 0 Å². The molecule has 0 saturated heterocycles. The second-order valence-corrected chi connectivity index (χ2v) is 3.69. The first-order valence-corrected chi connectivity index (χ1v) is 4.74. The minimum atomic E-state index is 0.629. The topological polar surface area (TPSA) is 46.8 Å². The van der Waals surface area contributed by atoms with Crippen molar-refractivity contribution in [1.29, 1.82) is 0 Å². The SMILES string of the molecule is Cc1cc(Cn2cc(C)[nH]c2=S)on1. The molecule has 14 heavy (non-hydrogen) atoms. The van der Waals surface area contributed by atoms with E-state index in [0.717, 1.165) is 17.1 Å². The van der Waals surface area contributed by atoms with E-state index < -0.39 is 0 Å². The van der Waals surface area contributed by atoms with E-state index in [9.17, 15) is 0 Å². The normalized spacial score (nSPS) is 10.7. The van der Waals surface area contributed by atoms with Crippen molar-refractivity contribution in [2.75, 3.05) is 0 Å². The Bertz CT molecular complexity index is 494. The third-order valence-electron chi connectivity index (χ3n) is 1.92. The molecule has 4 nitrogen and oxygen atoms in total. The quantitative estimate of drug-likeness (QED) is 0.771. The highest BCUT2D eigenvalue weighted by Gasteiger charge is 2.03. The van der Waals surface area contributed by atoms with Crippen LogP contribution in [0.15, 0.2) is 16.8 Å². The second-order valence-electron chi connectivity index (χ2n) is 3.30. The molecule has 2 heterocycles. The Balaban J connectivity index is 2.26. The van der Waals surface area contributed by atoms with Crippen LogP contribution in [0, 0.1) is 18.6 Å². The zero-order valence-electron chi connectivity index (χ0n) is 8.07. The Labute approximate surface area is 86.5 Å². The molecule has 0 spiro atoms. The standard InChI is InChI=1S/C9H11N3OS/c1-6-3-8(13-11-6)5-12-4-7(2)10-9(12)14/h3-4H,5H2,1-2H3,(H,10,14). The first-order valence-electron chi connectivity index (χ1n) is 4.33. The van der Waals surface area contributed by atoms with E-state index in [-0.39, 0.29) is 0 Å². The van der Waals surface area contributed by atoms with Gasteiger partial charge in [0.05, 0.1) is 12.2 Å². The number of aromatic nitrogens is 3. The lowest BCUT2D eigenvalue weighted by Gasteiger charge is -1.95. The van der Waals surface area contributed by atoms with Gasteiger partial charge < -0.3 is 14.1 Å². The predicted molar refractivity (Wildman–Crippen MR) is 54.7 cm³/mol. The van der Waals surface area contributed by atoms with E-state index in [4.69, 9.17) is 16.7 Å². The van der Waals surface area contributed by atoms with Crippen LogP contribution in [0.2, 0.25) is 0 Å². The van der Waals surface area contributed by atoms with Gasteiger partial charge in [-0.05, 0) is 26.1 Å². The molecule has 0 aliphatic rings. The molecule has 5 heteroatoms. The van der Waals surface area contributed by atoms with Crippen molar-refractivity contribution in [3.8, 4) is 0 Å². The second kappa shape index (κ2) is 3.42. The average molecular weight is 209 g/mol. The summed E-state index contributed by atoms with van der Waals surface area (Å²) in [4.78, 5) is 3.05. The molecule has 0 amide bonds. The van der Waals surface area contributed by atoms with Crippen molar-refractivity contribution >= 4 is 12.2 Å². The van der Waals surface area contributed by atoms with Crippen molar-refractivity contribution in [1.82, 2.24) is 14.7 Å². The lowest BCUT2D eigenvalue weighted by atomic mass is 10.4. The highest BCUT2D eigenvalue weighted by molar-refractivity contribution is 7.71. The van der Waals surface area contributed by atoms with E-state index in [2.05, 4.69) is 10.1 Å². The zero-order chi connectivity index (χ0) is 10.1. The maximum Gasteiger partial charge on any atom is 0.177 e. The summed E-state index contributed by atoms with van der Waals surface area (Å²) < 4.78 is 7.73. The molecule has 0 bridgehead atoms. The number of hydrogen-bond donors (Lipinski definition) is 1. The molecule has 0 aliphatic carbocycles. The Kier molecular flexibility index (Phi) is 2.25. The molecule has 74 valence electrons. The van der Waals surface area contributed by atoms with Crippen LogP contribution in [0.25, 0.3) is 0 Å². The van der Waals surface area contributed by atoms with Crippen LogP contribution in [-0.2, 0) is 6.54 Å². The largest absolute Gasteiger partial charge is 0.359 e. The summed E-state index contributed by atoms with van der Waals surface area (Å²) in [5, 5.41) is 3.82. The van der Waals surface area contributed by atoms with E-state index >= 15 is 0 Å². The highest BCUT2D eigenvalue weighted by atomic mass is 32.1. The summed E-state index contributed by atoms with van der Waals surface area (Å²) in [6, 6.07) is 1.91. The molecule has 0 radical (unpaired) electrons. The maximum absolute atomic E-state index is 5.12. The van der Waals surface area contributed by atoms with Gasteiger partial charge in [0.2, 0.25) is 0 Å². The number of nitrogens with zero attached hydrogens (tertiary/aromatic N) is 2. The molecule has 1 N–H and O–H groups in total. The van der Waals surface area contributed by atoms with Crippen LogP contribution in [0.1, 0.15) is 17.1 Å². The molecule has 0 fully saturated rings. The van der Waals surface area contributed by atoms with E-state index in [1.807, 2.05) is 30.7 Å². The lowest BCUT2D eigenvalue weighted by molar-refractivity contribution is 0.372. The van der Waals surface area contributed by atoms with Crippen LogP contribution in [0.4, 0.5) is 0 Å². The number of imidazole rings is 1. The number of nitrogens with one attached hydrogen (secondary N) is 1. The molecular weight excluding hydrogens is 198 g/mol. The first-order chi connectivity index (χ1) is 6.65. The number of rotatable bonds is 2. The molecule has 2 rings (SSSR count). The fraction of sp³-hybridized carbons (Fsp3) is 0.333. The average Bonchev–Trinajstić information content (AvgIpc) is 2.61. The van der Waals surface area contributed by atoms with Gasteiger partial charge >= 0.3 is 0 Å². The number of H-pyrrole nitrogens is 1. The van der Waals surface area contributed by atoms with Gasteiger partial charge in [0.25, 0.3) is 0 Å². The predicted octanol–water partition coefficient (Wildman–Crippen LogP) is 2.20. The number of aromatic amines is 1. The highest BCUT2D eigenvalue weighted by Crippen LogP contribution is 2.06. The molecule has 0 saturated carbocycles. The molecule has 2 aromatic heterocycles. The van der Waals surface area contributed by atoms with E-state index in [0.29, 0.717) is 11.3 Å². The summed E-state index contributed by atoms with van der Waals surface area (Å²) in [6.45, 7) is 4.50. The Morgan fingerprint density at radius 3 is 2.86 bits per heavy atom. The number of aryl methyl sites for hydroxylation is 2. The Hall–Kier alpha value is -1.36. The van der Waals surface area contributed by atoms with Crippen LogP contribution in [0.5, 0.6) is 0 Å². The molecular formula is C9H11N3OS. The maximum atomic E-state index is 5.12. The summed E-state index contributed by atoms with van der Waals surface area (Å²) in [7, 11) is 0. The minimum absolute atomic E-state index is 0.629. The third kappa shape index (κ3) is 1.77. The minimum Gasteiger partial charge on any atom is -0.359 e. The molecule has 0 atom stereocenters. The van der Waals surface area contributed by atoms with Gasteiger partial charge in [-0.1, -0.05) is 5.16 Å². The molecule has 0 aromatic carbocycles. The zero-order valence-corrected chi connectivity index (χ0v) is 8.89. The van der Waals surface area contributed by atoms with Crippen molar-refractivity contribution in [3.05, 3.63) is 34.2 Å². The molecule has 2 aromatic rings. The van der Waals surface area contributed by atoms with Gasteiger partial charge in [-0.15, -0.1) is 0 Å². The number of hydrogen-bond acceptors (Lipinski definition) is 3. The van der Waals surface area contributed by atoms with Gasteiger partial charge in [-0.2, -0.15) is 0 Å². The van der Waals surface area contributed by atoms with Gasteiger partial charge in [-0.3, -0.25) is 0 Å². The smallest absolute Gasteiger partial charge is 0.177 e. The Morgan fingerprint density at radius 1 is 1.57 bits per heavy atom. The monoisotopic (exact) mass is 209 g/mol. The van der Waals surface area contributed by atoms with Crippen LogP contribution in [-0.4, -0.2) is 14.7 Å². The summed E-state index contributed by atoms with van der Waals surface area (Å²) in [5.41, 5.74) is 1.94. The fourth-order valence-electron chi connectivity index (χ4n) is 1.34. The molecule has 0 unspecified atom stereocenters. The fourth-order valence-corrected chi connectivity index (χ4v) is 1.62. The van der Waals surface area contributed by atoms with Crippen LogP contribution < -0.4 is 0 Å². The Morgan fingerprint density at radius 2 is 2.36 bits per heavy atom. The van der Waals surface area contributed by atoms with Gasteiger partial charge in [-0.25, -0.2) is 0 Å². The van der Waals surface area contributed by atoms with Gasteiger partial charge in [0, 0.05) is 18.0 Å². The first kappa shape index (κ1) is 9.21. The summed E-state index contributed by atoms with van der Waals surface area (Å²) >= 11 is 5.12. The van der Waals surface area contributed by atoms with Crippen molar-refractivity contribution < 1.29 is 4.52 Å². The summed E-state index contributed by atoms with van der Waals surface area (Å²) in [5.74, 6) is 0.817. The lowest BCUT2D eigenvalue weighted by Crippen LogP contribution is -1.96. The molecule has 0 aliphatic heterocycles. The van der Waals surface area contributed by atoms with Crippen LogP contribution >= 0.6 is 12.2 Å². The van der Waals surface area contributed by atoms with Crippen LogP contribution in [0.3, 0.4) is 0 Å². The van der Waals surface area contributed by atoms with Crippen molar-refractivity contribution in [3.63, 3.8) is 0 Å². The van der Waals surface area contributed by atoms with Crippen molar-refractivity contribution in [2.45, 2.75) is 20.4 Å². The van der Waals surface area contributed by atoms with E-state index in [1.165, 1.54) is 0 Å². The van der Waals surface area contributed by atoms with E-state index in [1.54, 1.807) is 0 Å². The van der Waals surface area contributed by atoms with Crippen molar-refractivity contribution in [2.24, 2.45) is 0 Å². The third-order valence-corrected chi connectivity index (χ3v) is 2.25. The van der Waals surface area contributed by atoms with Gasteiger partial charge in [0.15, 0.2) is 10.5 Å². The summed E-state index contributed by atoms with van der Waals surface area (Å²) in [6.07, 6.45) is 1.96.